The number of hydrogen-bond donors (Lipinski definition) is 0. The summed E-state index contributed by atoms with van der Waals surface area (Å²) < 4.78 is 0. The molecule has 0 saturated heterocycles. The molecule has 1 heterocycles. The minimum Gasteiger partial charge on any atom is -0.264 e. The predicted octanol–water partition coefficient (Wildman–Crippen LogP) is 4.30. The van der Waals surface area contributed by atoms with E-state index in [2.05, 4.69) is 42.2 Å². The van der Waals surface area contributed by atoms with Gasteiger partial charge in [-0.05, 0) is 59.7 Å². The van der Waals surface area contributed by atoms with E-state index in [-0.39, 0.29) is 12.4 Å². The first-order valence-electron chi connectivity index (χ1n) is 6.04. The minimum atomic E-state index is 0. The summed E-state index contributed by atoms with van der Waals surface area (Å²) in [7, 11) is 0. The van der Waals surface area contributed by atoms with Crippen LogP contribution in [-0.2, 0) is 6.42 Å². The second-order valence-electron chi connectivity index (χ2n) is 4.56. The molecular weight excluding hydrogens is 242 g/mol. The zero-order valence-electron chi connectivity index (χ0n) is 10.4. The van der Waals surface area contributed by atoms with Gasteiger partial charge in [0.05, 0.1) is 0 Å². The number of fused-ring (bicyclic) bond motifs is 1. The number of rotatable bonds is 1. The first kappa shape index (κ1) is 12.8. The van der Waals surface area contributed by atoms with Crippen molar-refractivity contribution in [3.8, 4) is 0 Å². The summed E-state index contributed by atoms with van der Waals surface area (Å²) in [5.74, 6) is 0. The summed E-state index contributed by atoms with van der Waals surface area (Å²) in [5.41, 5.74) is 6.99. The Kier molecular flexibility index (Phi) is 3.83. The van der Waals surface area contributed by atoms with E-state index in [4.69, 9.17) is 0 Å². The van der Waals surface area contributed by atoms with Crippen molar-refractivity contribution in [3.63, 3.8) is 0 Å². The van der Waals surface area contributed by atoms with Gasteiger partial charge >= 0.3 is 0 Å². The molecule has 3 rings (SSSR count). The van der Waals surface area contributed by atoms with Gasteiger partial charge in [-0.15, -0.1) is 12.4 Å². The highest BCUT2D eigenvalue weighted by molar-refractivity contribution is 5.86. The topological polar surface area (TPSA) is 12.9 Å². The third-order valence-corrected chi connectivity index (χ3v) is 3.43. The van der Waals surface area contributed by atoms with Crippen LogP contribution < -0.4 is 0 Å². The zero-order chi connectivity index (χ0) is 11.7. The lowest BCUT2D eigenvalue weighted by atomic mass is 10.0. The van der Waals surface area contributed by atoms with Crippen molar-refractivity contribution in [1.82, 2.24) is 4.98 Å². The monoisotopic (exact) mass is 257 g/mol. The highest BCUT2D eigenvalue weighted by atomic mass is 35.5. The Morgan fingerprint density at radius 2 is 2.00 bits per heavy atom. The van der Waals surface area contributed by atoms with Crippen molar-refractivity contribution in [3.05, 3.63) is 65.0 Å². The largest absolute Gasteiger partial charge is 0.264 e. The molecule has 0 fully saturated rings. The SMILES string of the molecule is Cc1cccc2c1CC/C2=C/c1cccnc1.Cl. The van der Waals surface area contributed by atoms with Gasteiger partial charge in [0.1, 0.15) is 0 Å². The van der Waals surface area contributed by atoms with Crippen LogP contribution in [0, 0.1) is 6.92 Å². The van der Waals surface area contributed by atoms with E-state index >= 15 is 0 Å². The van der Waals surface area contributed by atoms with Crippen LogP contribution in [0.4, 0.5) is 0 Å². The number of aryl methyl sites for hydroxylation is 1. The van der Waals surface area contributed by atoms with Crippen LogP contribution in [0.3, 0.4) is 0 Å². The molecule has 1 aromatic carbocycles. The van der Waals surface area contributed by atoms with Gasteiger partial charge in [-0.2, -0.15) is 0 Å². The van der Waals surface area contributed by atoms with Gasteiger partial charge in [0.25, 0.3) is 0 Å². The van der Waals surface area contributed by atoms with Crippen LogP contribution in [0.25, 0.3) is 11.6 Å². The molecule has 18 heavy (non-hydrogen) atoms. The summed E-state index contributed by atoms with van der Waals surface area (Å²) >= 11 is 0. The fraction of sp³-hybridized carbons (Fsp3) is 0.188. The number of aromatic nitrogens is 1. The van der Waals surface area contributed by atoms with Crippen molar-refractivity contribution in [1.29, 1.82) is 0 Å². The molecule has 2 aromatic rings. The van der Waals surface area contributed by atoms with Crippen molar-refractivity contribution < 1.29 is 0 Å². The predicted molar refractivity (Wildman–Crippen MR) is 78.9 cm³/mol. The molecular formula is C16H16ClN. The molecule has 1 aliphatic carbocycles. The summed E-state index contributed by atoms with van der Waals surface area (Å²) in [6.07, 6.45) is 8.32. The van der Waals surface area contributed by atoms with Gasteiger partial charge in [0, 0.05) is 12.4 Å². The van der Waals surface area contributed by atoms with Gasteiger partial charge < -0.3 is 0 Å². The zero-order valence-corrected chi connectivity index (χ0v) is 11.2. The Morgan fingerprint density at radius 1 is 1.11 bits per heavy atom. The maximum absolute atomic E-state index is 4.16. The molecule has 0 radical (unpaired) electrons. The molecule has 2 heteroatoms. The highest BCUT2D eigenvalue weighted by Gasteiger charge is 2.17. The fourth-order valence-corrected chi connectivity index (χ4v) is 2.54. The fourth-order valence-electron chi connectivity index (χ4n) is 2.54. The highest BCUT2D eigenvalue weighted by Crippen LogP contribution is 2.35. The van der Waals surface area contributed by atoms with E-state index in [1.54, 1.807) is 0 Å². The first-order valence-corrected chi connectivity index (χ1v) is 6.04. The lowest BCUT2D eigenvalue weighted by molar-refractivity contribution is 1.07. The Morgan fingerprint density at radius 3 is 2.78 bits per heavy atom. The molecule has 0 saturated carbocycles. The van der Waals surface area contributed by atoms with E-state index in [1.807, 2.05) is 18.5 Å². The third-order valence-electron chi connectivity index (χ3n) is 3.43. The average molecular weight is 258 g/mol. The molecule has 0 spiro atoms. The van der Waals surface area contributed by atoms with Gasteiger partial charge in [0.2, 0.25) is 0 Å². The van der Waals surface area contributed by atoms with Crippen molar-refractivity contribution in [2.45, 2.75) is 19.8 Å². The molecule has 0 amide bonds. The van der Waals surface area contributed by atoms with E-state index in [0.29, 0.717) is 0 Å². The van der Waals surface area contributed by atoms with E-state index in [1.165, 1.54) is 34.2 Å². The number of hydrogen-bond acceptors (Lipinski definition) is 1. The van der Waals surface area contributed by atoms with Crippen LogP contribution >= 0.6 is 12.4 Å². The number of allylic oxidation sites excluding steroid dienone is 1. The number of pyridine rings is 1. The molecule has 92 valence electrons. The Bertz CT molecular complexity index is 573. The second-order valence-corrected chi connectivity index (χ2v) is 4.56. The van der Waals surface area contributed by atoms with Gasteiger partial charge in [0.15, 0.2) is 0 Å². The number of benzene rings is 1. The number of halogens is 1. The van der Waals surface area contributed by atoms with E-state index in [9.17, 15) is 0 Å². The van der Waals surface area contributed by atoms with Crippen LogP contribution in [-0.4, -0.2) is 4.98 Å². The number of nitrogens with zero attached hydrogens (tertiary/aromatic N) is 1. The average Bonchev–Trinajstić information content (AvgIpc) is 2.76. The van der Waals surface area contributed by atoms with Gasteiger partial charge in [-0.25, -0.2) is 0 Å². The summed E-state index contributed by atoms with van der Waals surface area (Å²) in [4.78, 5) is 4.16. The molecule has 1 aromatic heterocycles. The molecule has 0 unspecified atom stereocenters. The maximum atomic E-state index is 4.16. The lowest BCUT2D eigenvalue weighted by Gasteiger charge is -2.03. The smallest absolute Gasteiger partial charge is 0.0340 e. The normalized spacial score (nSPS) is 15.3. The van der Waals surface area contributed by atoms with Crippen molar-refractivity contribution in [2.75, 3.05) is 0 Å². The van der Waals surface area contributed by atoms with Crippen molar-refractivity contribution >= 4 is 24.1 Å². The molecule has 0 N–H and O–H groups in total. The molecule has 1 nitrogen and oxygen atoms in total. The Balaban J connectivity index is 0.00000120. The van der Waals surface area contributed by atoms with Gasteiger partial charge in [-0.3, -0.25) is 4.98 Å². The van der Waals surface area contributed by atoms with Crippen LogP contribution in [0.2, 0.25) is 0 Å². The standard InChI is InChI=1S/C16H15N.ClH/c1-12-4-2-6-16-14(7-8-15(12)16)10-13-5-3-9-17-11-13;/h2-6,9-11H,7-8H2,1H3;1H/b14-10-;. The summed E-state index contributed by atoms with van der Waals surface area (Å²) in [5, 5.41) is 0. The lowest BCUT2D eigenvalue weighted by Crippen LogP contribution is -1.85. The Labute approximate surface area is 114 Å². The van der Waals surface area contributed by atoms with E-state index < -0.39 is 0 Å². The molecule has 0 aliphatic heterocycles. The van der Waals surface area contributed by atoms with Crippen LogP contribution in [0.5, 0.6) is 0 Å². The molecule has 1 aliphatic rings. The molecule has 0 bridgehead atoms. The third kappa shape index (κ3) is 2.32. The molecule has 0 atom stereocenters. The van der Waals surface area contributed by atoms with Gasteiger partial charge in [-0.1, -0.05) is 24.3 Å². The summed E-state index contributed by atoms with van der Waals surface area (Å²) in [6, 6.07) is 10.7. The van der Waals surface area contributed by atoms with Crippen LogP contribution in [0.1, 0.15) is 28.7 Å². The maximum Gasteiger partial charge on any atom is 0.0340 e. The van der Waals surface area contributed by atoms with Crippen molar-refractivity contribution in [2.24, 2.45) is 0 Å². The quantitative estimate of drug-likeness (QED) is 0.742. The first-order chi connectivity index (χ1) is 8.34. The summed E-state index contributed by atoms with van der Waals surface area (Å²) in [6.45, 7) is 2.20. The second kappa shape index (κ2) is 5.36. The Hall–Kier alpha value is -1.60. The minimum absolute atomic E-state index is 0. The van der Waals surface area contributed by atoms with Crippen LogP contribution in [0.15, 0.2) is 42.7 Å². The van der Waals surface area contributed by atoms with E-state index in [0.717, 1.165) is 6.42 Å².